The number of aromatic nitrogens is 3. The Bertz CT molecular complexity index is 1040. The molecule has 26 heavy (non-hydrogen) atoms. The molecule has 2 aromatic heterocycles. The smallest absolute Gasteiger partial charge is 0.317 e. The third-order valence-electron chi connectivity index (χ3n) is 3.76. The van der Waals surface area contributed by atoms with Crippen LogP contribution in [0.15, 0.2) is 39.9 Å². The van der Waals surface area contributed by atoms with Crippen molar-refractivity contribution in [2.45, 2.75) is 6.43 Å². The molecule has 3 aromatic rings. The van der Waals surface area contributed by atoms with Crippen molar-refractivity contribution < 1.29 is 17.6 Å². The van der Waals surface area contributed by atoms with Crippen LogP contribution in [0.25, 0.3) is 10.9 Å². The Hall–Kier alpha value is -2.49. The first-order valence-electron chi connectivity index (χ1n) is 7.32. The van der Waals surface area contributed by atoms with Crippen LogP contribution in [0, 0.1) is 11.6 Å². The molecule has 0 aliphatic rings. The highest BCUT2D eigenvalue weighted by molar-refractivity contribution is 9.10. The Labute approximate surface area is 153 Å². The number of hydrogen-bond donors (Lipinski definition) is 0. The maximum Gasteiger partial charge on any atom is 0.349 e. The minimum Gasteiger partial charge on any atom is -0.317 e. The summed E-state index contributed by atoms with van der Waals surface area (Å²) in [5.41, 5.74) is -0.948. The second-order valence-electron chi connectivity index (χ2n) is 5.35. The van der Waals surface area contributed by atoms with Crippen molar-refractivity contribution in [1.29, 1.82) is 0 Å². The van der Waals surface area contributed by atoms with Gasteiger partial charge >= 0.3 is 5.69 Å². The molecule has 0 fully saturated rings. The predicted molar refractivity (Wildman–Crippen MR) is 91.8 cm³/mol. The van der Waals surface area contributed by atoms with E-state index < -0.39 is 36.1 Å². The van der Waals surface area contributed by atoms with Gasteiger partial charge in [-0.1, -0.05) is 6.07 Å². The van der Waals surface area contributed by atoms with Crippen LogP contribution in [0.3, 0.4) is 0 Å². The van der Waals surface area contributed by atoms with Crippen LogP contribution >= 0.6 is 15.9 Å². The molecule has 0 saturated heterocycles. The molecule has 0 radical (unpaired) electrons. The molecule has 5 nitrogen and oxygen atoms in total. The molecule has 0 unspecified atom stereocenters. The SMILES string of the molecule is Cn1c(=O)nc(N(CC(F)F)c2ccnc(Br)c2F)c2c(F)cccc21. The van der Waals surface area contributed by atoms with Gasteiger partial charge in [-0.25, -0.2) is 27.3 Å². The number of anilines is 2. The zero-order valence-corrected chi connectivity index (χ0v) is 14.8. The van der Waals surface area contributed by atoms with Gasteiger partial charge in [-0.3, -0.25) is 4.57 Å². The van der Waals surface area contributed by atoms with Gasteiger partial charge in [-0.15, -0.1) is 0 Å². The molecule has 0 spiro atoms. The standard InChI is InChI=1S/C16H11BrF4N4O/c1-24-9-4-2-3-8(18)12(9)15(23-16(24)26)25(7-11(19)20)10-5-6-22-14(17)13(10)21/h2-6,11H,7H2,1H3. The van der Waals surface area contributed by atoms with Crippen LogP contribution in [-0.4, -0.2) is 27.5 Å². The second kappa shape index (κ2) is 7.02. The minimum atomic E-state index is -2.89. The number of aryl methyl sites for hydroxylation is 1. The molecule has 2 heterocycles. The number of alkyl halides is 2. The molecule has 0 saturated carbocycles. The first kappa shape index (κ1) is 18.3. The van der Waals surface area contributed by atoms with Crippen molar-refractivity contribution in [1.82, 2.24) is 14.5 Å². The molecular weight excluding hydrogens is 420 g/mol. The van der Waals surface area contributed by atoms with Gasteiger partial charge in [0.2, 0.25) is 0 Å². The summed E-state index contributed by atoms with van der Waals surface area (Å²) in [5.74, 6) is -2.09. The number of rotatable bonds is 4. The van der Waals surface area contributed by atoms with Crippen molar-refractivity contribution in [3.8, 4) is 0 Å². The molecule has 3 rings (SSSR count). The van der Waals surface area contributed by atoms with Crippen molar-refractivity contribution in [2.75, 3.05) is 11.4 Å². The lowest BCUT2D eigenvalue weighted by molar-refractivity contribution is 0.157. The topological polar surface area (TPSA) is 51.0 Å². The van der Waals surface area contributed by atoms with E-state index in [2.05, 4.69) is 25.9 Å². The maximum absolute atomic E-state index is 14.5. The first-order chi connectivity index (χ1) is 12.3. The molecule has 10 heteroatoms. The highest BCUT2D eigenvalue weighted by Gasteiger charge is 2.25. The lowest BCUT2D eigenvalue weighted by Gasteiger charge is -2.25. The molecule has 0 N–H and O–H groups in total. The number of fused-ring (bicyclic) bond motifs is 1. The fourth-order valence-corrected chi connectivity index (χ4v) is 2.91. The van der Waals surface area contributed by atoms with Gasteiger partial charge in [0.15, 0.2) is 11.6 Å². The van der Waals surface area contributed by atoms with Crippen LogP contribution in [-0.2, 0) is 7.05 Å². The fourth-order valence-electron chi connectivity index (χ4n) is 2.59. The summed E-state index contributed by atoms with van der Waals surface area (Å²) in [6, 6.07) is 5.08. The zero-order chi connectivity index (χ0) is 19.0. The summed E-state index contributed by atoms with van der Waals surface area (Å²) in [7, 11) is 1.38. The molecule has 0 aliphatic carbocycles. The van der Waals surface area contributed by atoms with E-state index in [1.807, 2.05) is 0 Å². The van der Waals surface area contributed by atoms with Gasteiger partial charge < -0.3 is 4.90 Å². The van der Waals surface area contributed by atoms with Gasteiger partial charge in [0, 0.05) is 13.2 Å². The van der Waals surface area contributed by atoms with E-state index in [0.717, 1.165) is 21.6 Å². The Morgan fingerprint density at radius 2 is 2.00 bits per heavy atom. The zero-order valence-electron chi connectivity index (χ0n) is 13.3. The Morgan fingerprint density at radius 1 is 1.27 bits per heavy atom. The summed E-state index contributed by atoms with van der Waals surface area (Å²) in [6.45, 7) is -0.989. The predicted octanol–water partition coefficient (Wildman–Crippen LogP) is 3.77. The van der Waals surface area contributed by atoms with Gasteiger partial charge in [-0.05, 0) is 34.1 Å². The van der Waals surface area contributed by atoms with Crippen LogP contribution in [0.1, 0.15) is 0 Å². The van der Waals surface area contributed by atoms with Gasteiger partial charge in [-0.2, -0.15) is 4.98 Å². The number of halogens is 5. The van der Waals surface area contributed by atoms with E-state index in [9.17, 15) is 22.4 Å². The van der Waals surface area contributed by atoms with Crippen LogP contribution in [0.5, 0.6) is 0 Å². The molecule has 0 atom stereocenters. The van der Waals surface area contributed by atoms with E-state index in [1.54, 1.807) is 0 Å². The van der Waals surface area contributed by atoms with E-state index in [0.29, 0.717) is 0 Å². The van der Waals surface area contributed by atoms with Crippen molar-refractivity contribution in [3.63, 3.8) is 0 Å². The van der Waals surface area contributed by atoms with E-state index in [4.69, 9.17) is 0 Å². The highest BCUT2D eigenvalue weighted by Crippen LogP contribution is 2.34. The summed E-state index contributed by atoms with van der Waals surface area (Å²) >= 11 is 2.88. The molecule has 0 amide bonds. The van der Waals surface area contributed by atoms with E-state index in [-0.39, 0.29) is 21.2 Å². The summed E-state index contributed by atoms with van der Waals surface area (Å²) < 4.78 is 56.2. The lowest BCUT2D eigenvalue weighted by atomic mass is 10.2. The number of hydrogen-bond acceptors (Lipinski definition) is 4. The highest BCUT2D eigenvalue weighted by atomic mass is 79.9. The normalized spacial score (nSPS) is 11.3. The lowest BCUT2D eigenvalue weighted by Crippen LogP contribution is -2.30. The molecule has 0 bridgehead atoms. The Kier molecular flexibility index (Phi) is 4.94. The first-order valence-corrected chi connectivity index (χ1v) is 8.11. The molecule has 1 aromatic carbocycles. The second-order valence-corrected chi connectivity index (χ2v) is 6.10. The summed E-state index contributed by atoms with van der Waals surface area (Å²) in [6.07, 6.45) is -1.70. The molecule has 136 valence electrons. The van der Waals surface area contributed by atoms with E-state index >= 15 is 0 Å². The van der Waals surface area contributed by atoms with Gasteiger partial charge in [0.05, 0.1) is 23.1 Å². The minimum absolute atomic E-state index is 0.146. The fraction of sp³-hybridized carbons (Fsp3) is 0.188. The van der Waals surface area contributed by atoms with Gasteiger partial charge in [0.25, 0.3) is 6.43 Å². The van der Waals surface area contributed by atoms with Crippen LogP contribution in [0.2, 0.25) is 0 Å². The van der Waals surface area contributed by atoms with Crippen molar-refractivity contribution in [2.24, 2.45) is 7.05 Å². The number of pyridine rings is 1. The average molecular weight is 431 g/mol. The van der Waals surface area contributed by atoms with Crippen molar-refractivity contribution in [3.05, 3.63) is 57.2 Å². The monoisotopic (exact) mass is 430 g/mol. The Balaban J connectivity index is 2.37. The number of nitrogens with zero attached hydrogens (tertiary/aromatic N) is 4. The van der Waals surface area contributed by atoms with Gasteiger partial charge in [0.1, 0.15) is 10.4 Å². The van der Waals surface area contributed by atoms with Crippen molar-refractivity contribution >= 4 is 38.3 Å². The van der Waals surface area contributed by atoms with Crippen LogP contribution in [0.4, 0.5) is 29.1 Å². The molecule has 0 aliphatic heterocycles. The number of benzene rings is 1. The summed E-state index contributed by atoms with van der Waals surface area (Å²) in [5, 5.41) is -0.164. The Morgan fingerprint density at radius 3 is 2.69 bits per heavy atom. The third kappa shape index (κ3) is 3.16. The summed E-state index contributed by atoms with van der Waals surface area (Å²) in [4.78, 5) is 20.3. The largest absolute Gasteiger partial charge is 0.349 e. The third-order valence-corrected chi connectivity index (χ3v) is 4.31. The van der Waals surface area contributed by atoms with Crippen LogP contribution < -0.4 is 10.6 Å². The van der Waals surface area contributed by atoms with E-state index in [1.165, 1.54) is 25.4 Å². The maximum atomic E-state index is 14.5. The average Bonchev–Trinajstić information content (AvgIpc) is 2.59. The quantitative estimate of drug-likeness (QED) is 0.466. The molecular formula is C16H11BrF4N4O.